The highest BCUT2D eigenvalue weighted by Crippen LogP contribution is 2.31. The molecule has 0 bridgehead atoms. The molecular weight excluding hydrogens is 446 g/mol. The molecule has 4 aromatic rings. The lowest BCUT2D eigenvalue weighted by atomic mass is 10.1. The summed E-state index contributed by atoms with van der Waals surface area (Å²) < 4.78 is 28.2. The molecule has 0 N–H and O–H groups in total. The highest BCUT2D eigenvalue weighted by molar-refractivity contribution is 7.20. The Kier molecular flexibility index (Phi) is 5.41. The zero-order valence-corrected chi connectivity index (χ0v) is 18.6. The molecule has 0 unspecified atom stereocenters. The van der Waals surface area contributed by atoms with Gasteiger partial charge in [-0.2, -0.15) is 5.10 Å². The number of benzene rings is 2. The van der Waals surface area contributed by atoms with E-state index >= 15 is 0 Å². The highest BCUT2D eigenvalue weighted by atomic mass is 32.1. The van der Waals surface area contributed by atoms with E-state index in [9.17, 15) is 18.4 Å². The third kappa shape index (κ3) is 4.00. The number of hydrogen-bond acceptors (Lipinski definition) is 4. The van der Waals surface area contributed by atoms with Crippen molar-refractivity contribution in [2.24, 2.45) is 0 Å². The fourth-order valence-corrected chi connectivity index (χ4v) is 5.10. The van der Waals surface area contributed by atoms with Gasteiger partial charge in [0.25, 0.3) is 11.8 Å². The van der Waals surface area contributed by atoms with Crippen molar-refractivity contribution in [3.63, 3.8) is 0 Å². The summed E-state index contributed by atoms with van der Waals surface area (Å²) >= 11 is 1.35. The van der Waals surface area contributed by atoms with Gasteiger partial charge >= 0.3 is 0 Å². The van der Waals surface area contributed by atoms with Gasteiger partial charge in [-0.3, -0.25) is 9.59 Å². The van der Waals surface area contributed by atoms with Gasteiger partial charge in [0.1, 0.15) is 16.5 Å². The van der Waals surface area contributed by atoms with Crippen molar-refractivity contribution in [2.75, 3.05) is 26.2 Å². The number of hydrogen-bond donors (Lipinski definition) is 0. The number of piperazine rings is 1. The smallest absolute Gasteiger partial charge is 0.264 e. The molecule has 0 saturated carbocycles. The molecule has 5 rings (SSSR count). The van der Waals surface area contributed by atoms with E-state index in [-0.39, 0.29) is 23.4 Å². The number of aromatic nitrogens is 2. The van der Waals surface area contributed by atoms with Crippen LogP contribution in [-0.2, 0) is 0 Å². The lowest BCUT2D eigenvalue weighted by molar-refractivity contribution is 0.0538. The maximum Gasteiger partial charge on any atom is 0.264 e. The van der Waals surface area contributed by atoms with Crippen LogP contribution in [0.3, 0.4) is 0 Å². The Morgan fingerprint density at radius 2 is 1.39 bits per heavy atom. The van der Waals surface area contributed by atoms with E-state index in [4.69, 9.17) is 0 Å². The van der Waals surface area contributed by atoms with Gasteiger partial charge in [-0.15, -0.1) is 11.3 Å². The predicted molar refractivity (Wildman–Crippen MR) is 122 cm³/mol. The van der Waals surface area contributed by atoms with Gasteiger partial charge < -0.3 is 9.80 Å². The maximum atomic E-state index is 13.3. The van der Waals surface area contributed by atoms with Crippen LogP contribution in [0.5, 0.6) is 0 Å². The molecule has 0 atom stereocenters. The Labute approximate surface area is 192 Å². The number of amides is 2. The van der Waals surface area contributed by atoms with Crippen LogP contribution in [0.4, 0.5) is 8.78 Å². The molecule has 3 heterocycles. The molecule has 33 heavy (non-hydrogen) atoms. The predicted octanol–water partition coefficient (Wildman–Crippen LogP) is 4.27. The highest BCUT2D eigenvalue weighted by Gasteiger charge is 2.27. The number of aryl methyl sites for hydroxylation is 1. The zero-order chi connectivity index (χ0) is 23.1. The van der Waals surface area contributed by atoms with Crippen molar-refractivity contribution in [1.29, 1.82) is 0 Å². The summed E-state index contributed by atoms with van der Waals surface area (Å²) in [5.74, 6) is -0.963. The Hall–Kier alpha value is -3.59. The first-order valence-electron chi connectivity index (χ1n) is 10.5. The first-order valence-corrected chi connectivity index (χ1v) is 11.3. The van der Waals surface area contributed by atoms with Crippen LogP contribution in [0, 0.1) is 18.6 Å². The van der Waals surface area contributed by atoms with E-state index in [1.807, 2.05) is 13.0 Å². The van der Waals surface area contributed by atoms with Gasteiger partial charge in [-0.25, -0.2) is 13.5 Å². The van der Waals surface area contributed by atoms with Gasteiger partial charge in [0.05, 0.1) is 16.3 Å². The molecule has 1 saturated heterocycles. The summed E-state index contributed by atoms with van der Waals surface area (Å²) in [7, 11) is 0. The van der Waals surface area contributed by atoms with Gasteiger partial charge in [-0.05, 0) is 61.5 Å². The van der Waals surface area contributed by atoms with Crippen LogP contribution in [0.2, 0.25) is 0 Å². The third-order valence-electron chi connectivity index (χ3n) is 5.77. The summed E-state index contributed by atoms with van der Waals surface area (Å²) in [5, 5.41) is 5.43. The Bertz CT molecular complexity index is 1340. The van der Waals surface area contributed by atoms with Gasteiger partial charge in [-0.1, -0.05) is 0 Å². The molecule has 2 amide bonds. The number of carbonyl (C=O) groups is 2. The van der Waals surface area contributed by atoms with Crippen LogP contribution in [-0.4, -0.2) is 57.6 Å². The zero-order valence-electron chi connectivity index (χ0n) is 17.8. The van der Waals surface area contributed by atoms with E-state index in [2.05, 4.69) is 5.10 Å². The number of carbonyl (C=O) groups excluding carboxylic acids is 2. The van der Waals surface area contributed by atoms with Gasteiger partial charge in [0, 0.05) is 37.1 Å². The van der Waals surface area contributed by atoms with Crippen LogP contribution in [0.15, 0.2) is 54.6 Å². The van der Waals surface area contributed by atoms with Crippen molar-refractivity contribution in [3.8, 4) is 5.69 Å². The van der Waals surface area contributed by atoms with Crippen LogP contribution >= 0.6 is 11.3 Å². The molecule has 9 heteroatoms. The normalized spacial score (nSPS) is 14.2. The topological polar surface area (TPSA) is 58.4 Å². The molecule has 0 spiro atoms. The van der Waals surface area contributed by atoms with Crippen molar-refractivity contribution < 1.29 is 18.4 Å². The number of rotatable bonds is 3. The van der Waals surface area contributed by atoms with Crippen molar-refractivity contribution in [3.05, 3.63) is 82.4 Å². The average Bonchev–Trinajstić information content (AvgIpc) is 3.40. The fourth-order valence-electron chi connectivity index (χ4n) is 3.95. The molecule has 0 aliphatic carbocycles. The molecule has 1 fully saturated rings. The van der Waals surface area contributed by atoms with E-state index < -0.39 is 0 Å². The monoisotopic (exact) mass is 466 g/mol. The number of thiophene rings is 1. The number of halogens is 2. The molecule has 2 aromatic heterocycles. The number of fused-ring (bicyclic) bond motifs is 1. The third-order valence-corrected chi connectivity index (χ3v) is 6.87. The standard InChI is InChI=1S/C24H20F2N4O2S/c1-15-20-14-21(33-24(20)30(27-15)19-8-6-18(26)7-9-19)23(32)29-12-10-28(11-13-29)22(31)16-2-4-17(25)5-3-16/h2-9,14H,10-13H2,1H3. The molecular formula is C24H20F2N4O2S. The fraction of sp³-hybridized carbons (Fsp3) is 0.208. The molecule has 1 aliphatic heterocycles. The summed E-state index contributed by atoms with van der Waals surface area (Å²) in [6.07, 6.45) is 0. The summed E-state index contributed by atoms with van der Waals surface area (Å²) in [6, 6.07) is 13.4. The summed E-state index contributed by atoms with van der Waals surface area (Å²) in [6.45, 7) is 3.54. The minimum absolute atomic E-state index is 0.0878. The molecule has 1 aliphatic rings. The van der Waals surface area contributed by atoms with E-state index in [0.29, 0.717) is 36.6 Å². The van der Waals surface area contributed by atoms with E-state index in [1.165, 1.54) is 47.7 Å². The second kappa shape index (κ2) is 8.40. The molecule has 168 valence electrons. The minimum atomic E-state index is -0.386. The maximum absolute atomic E-state index is 13.3. The van der Waals surface area contributed by atoms with Gasteiger partial charge in [0.2, 0.25) is 0 Å². The van der Waals surface area contributed by atoms with Crippen LogP contribution in [0.25, 0.3) is 15.9 Å². The van der Waals surface area contributed by atoms with E-state index in [0.717, 1.165) is 21.6 Å². The van der Waals surface area contributed by atoms with Gasteiger partial charge in [0.15, 0.2) is 0 Å². The van der Waals surface area contributed by atoms with E-state index in [1.54, 1.807) is 26.6 Å². The Morgan fingerprint density at radius 1 is 0.848 bits per heavy atom. The van der Waals surface area contributed by atoms with Crippen LogP contribution in [0.1, 0.15) is 25.7 Å². The second-order valence-corrected chi connectivity index (χ2v) is 8.93. The summed E-state index contributed by atoms with van der Waals surface area (Å²) in [5.41, 5.74) is 1.95. The number of nitrogens with zero attached hydrogens (tertiary/aromatic N) is 4. The quantitative estimate of drug-likeness (QED) is 0.453. The molecule has 6 nitrogen and oxygen atoms in total. The first-order chi connectivity index (χ1) is 15.9. The Balaban J connectivity index is 1.31. The van der Waals surface area contributed by atoms with Crippen molar-refractivity contribution >= 4 is 33.4 Å². The second-order valence-electron chi connectivity index (χ2n) is 7.89. The largest absolute Gasteiger partial charge is 0.335 e. The van der Waals surface area contributed by atoms with Crippen molar-refractivity contribution in [2.45, 2.75) is 6.92 Å². The average molecular weight is 467 g/mol. The SMILES string of the molecule is Cc1nn(-c2ccc(F)cc2)c2sc(C(=O)N3CCN(C(=O)c4ccc(F)cc4)CC3)cc12. The lowest BCUT2D eigenvalue weighted by Gasteiger charge is -2.34. The Morgan fingerprint density at radius 3 is 2.00 bits per heavy atom. The lowest BCUT2D eigenvalue weighted by Crippen LogP contribution is -2.50. The molecule has 2 aromatic carbocycles. The van der Waals surface area contributed by atoms with Crippen LogP contribution < -0.4 is 0 Å². The minimum Gasteiger partial charge on any atom is -0.335 e. The summed E-state index contributed by atoms with van der Waals surface area (Å²) in [4.78, 5) is 30.6. The first kappa shape index (κ1) is 21.3. The van der Waals surface area contributed by atoms with Crippen molar-refractivity contribution in [1.82, 2.24) is 19.6 Å². The molecule has 0 radical (unpaired) electrons.